The molecular weight excluding hydrogens is 264 g/mol. The highest BCUT2D eigenvalue weighted by Crippen LogP contribution is 2.27. The molecule has 21 heavy (non-hydrogen) atoms. The van der Waals surface area contributed by atoms with E-state index in [2.05, 4.69) is 0 Å². The van der Waals surface area contributed by atoms with Crippen LogP contribution >= 0.6 is 0 Å². The van der Waals surface area contributed by atoms with Crippen molar-refractivity contribution in [1.29, 1.82) is 0 Å². The first kappa shape index (κ1) is 17.5. The van der Waals surface area contributed by atoms with Crippen LogP contribution in [0, 0.1) is 12.3 Å². The Balaban J connectivity index is 2.51. The van der Waals surface area contributed by atoms with E-state index in [1.165, 1.54) is 5.56 Å². The summed E-state index contributed by atoms with van der Waals surface area (Å²) in [5, 5.41) is 0. The Morgan fingerprint density at radius 2 is 1.81 bits per heavy atom. The van der Waals surface area contributed by atoms with Gasteiger partial charge in [-0.3, -0.25) is 4.79 Å². The van der Waals surface area contributed by atoms with Gasteiger partial charge in [-0.1, -0.05) is 31.5 Å². The Hall–Kier alpha value is -1.55. The molecule has 0 spiro atoms. The van der Waals surface area contributed by atoms with Crippen LogP contribution in [0.5, 0.6) is 5.75 Å². The van der Waals surface area contributed by atoms with Crippen molar-refractivity contribution < 1.29 is 9.53 Å². The van der Waals surface area contributed by atoms with Crippen LogP contribution in [0.3, 0.4) is 0 Å². The first-order chi connectivity index (χ1) is 9.99. The highest BCUT2D eigenvalue weighted by Gasteiger charge is 2.35. The third-order valence-electron chi connectivity index (χ3n) is 4.26. The zero-order valence-electron chi connectivity index (χ0n) is 13.7. The number of carbonyl (C=O) groups excluding carboxylic acids is 1. The molecule has 0 aromatic heterocycles. The number of aryl methyl sites for hydroxylation is 1. The van der Waals surface area contributed by atoms with Gasteiger partial charge in [-0.15, -0.1) is 0 Å². The number of rotatable bonds is 8. The van der Waals surface area contributed by atoms with Crippen molar-refractivity contribution in [3.05, 3.63) is 29.8 Å². The van der Waals surface area contributed by atoms with Crippen LogP contribution < -0.4 is 10.5 Å². The number of benzene rings is 1. The van der Waals surface area contributed by atoms with E-state index in [1.54, 1.807) is 4.90 Å². The molecule has 0 bridgehead atoms. The van der Waals surface area contributed by atoms with Crippen LogP contribution in [0.2, 0.25) is 0 Å². The van der Waals surface area contributed by atoms with Gasteiger partial charge >= 0.3 is 0 Å². The van der Waals surface area contributed by atoms with Crippen LogP contribution in [0.4, 0.5) is 0 Å². The van der Waals surface area contributed by atoms with Crippen molar-refractivity contribution in [2.45, 2.75) is 33.6 Å². The summed E-state index contributed by atoms with van der Waals surface area (Å²) in [4.78, 5) is 14.3. The predicted molar refractivity (Wildman–Crippen MR) is 86.4 cm³/mol. The second-order valence-corrected chi connectivity index (χ2v) is 5.58. The van der Waals surface area contributed by atoms with Gasteiger partial charge in [0.05, 0.1) is 12.0 Å². The number of carbonyl (C=O) groups is 1. The molecule has 0 aliphatic carbocycles. The van der Waals surface area contributed by atoms with Gasteiger partial charge in [-0.05, 0) is 31.9 Å². The Morgan fingerprint density at radius 3 is 2.29 bits per heavy atom. The van der Waals surface area contributed by atoms with E-state index in [0.29, 0.717) is 19.7 Å². The average Bonchev–Trinajstić information content (AvgIpc) is 2.51. The smallest absolute Gasteiger partial charge is 0.229 e. The third-order valence-corrected chi connectivity index (χ3v) is 4.26. The van der Waals surface area contributed by atoms with Gasteiger partial charge in [0, 0.05) is 13.6 Å². The largest absolute Gasteiger partial charge is 0.492 e. The number of amides is 1. The van der Waals surface area contributed by atoms with Crippen LogP contribution in [0.1, 0.15) is 32.3 Å². The third kappa shape index (κ3) is 4.46. The summed E-state index contributed by atoms with van der Waals surface area (Å²) in [5.41, 5.74) is 6.59. The minimum atomic E-state index is -0.432. The molecule has 1 aromatic carbocycles. The lowest BCUT2D eigenvalue weighted by molar-refractivity contribution is -0.141. The van der Waals surface area contributed by atoms with Gasteiger partial charge < -0.3 is 15.4 Å². The second-order valence-electron chi connectivity index (χ2n) is 5.58. The summed E-state index contributed by atoms with van der Waals surface area (Å²) < 4.78 is 5.67. The molecule has 0 radical (unpaired) electrons. The van der Waals surface area contributed by atoms with Crippen molar-refractivity contribution in [3.63, 3.8) is 0 Å². The molecule has 0 aliphatic heterocycles. The zero-order valence-corrected chi connectivity index (χ0v) is 13.7. The second kappa shape index (κ2) is 8.03. The molecule has 1 aromatic rings. The molecule has 0 saturated heterocycles. The van der Waals surface area contributed by atoms with Crippen molar-refractivity contribution in [1.82, 2.24) is 4.90 Å². The number of likely N-dealkylation sites (N-methyl/N-ethyl adjacent to an activating group) is 1. The highest BCUT2D eigenvalue weighted by atomic mass is 16.5. The van der Waals surface area contributed by atoms with Crippen LogP contribution in [-0.2, 0) is 4.79 Å². The van der Waals surface area contributed by atoms with E-state index in [0.717, 1.165) is 18.6 Å². The molecule has 1 amide bonds. The summed E-state index contributed by atoms with van der Waals surface area (Å²) in [6.45, 7) is 7.52. The number of nitrogens with zero attached hydrogens (tertiary/aromatic N) is 1. The van der Waals surface area contributed by atoms with Crippen molar-refractivity contribution in [2.24, 2.45) is 11.1 Å². The monoisotopic (exact) mass is 292 g/mol. The average molecular weight is 292 g/mol. The maximum Gasteiger partial charge on any atom is 0.229 e. The van der Waals surface area contributed by atoms with Gasteiger partial charge in [0.2, 0.25) is 5.91 Å². The minimum Gasteiger partial charge on any atom is -0.492 e. The highest BCUT2D eigenvalue weighted by molar-refractivity contribution is 5.82. The van der Waals surface area contributed by atoms with E-state index >= 15 is 0 Å². The van der Waals surface area contributed by atoms with Gasteiger partial charge in [0.1, 0.15) is 12.4 Å². The van der Waals surface area contributed by atoms with Crippen LogP contribution in [0.25, 0.3) is 0 Å². The number of nitrogens with two attached hydrogens (primary N) is 1. The standard InChI is InChI=1S/C17H28N2O2/c1-5-17(6-2,13-18)16(20)19(4)11-12-21-15-9-7-14(3)8-10-15/h7-10H,5-6,11-13,18H2,1-4H3. The van der Waals surface area contributed by atoms with Crippen LogP contribution in [-0.4, -0.2) is 37.6 Å². The molecule has 118 valence electrons. The summed E-state index contributed by atoms with van der Waals surface area (Å²) in [5.74, 6) is 0.944. The molecule has 4 heteroatoms. The lowest BCUT2D eigenvalue weighted by atomic mass is 9.81. The molecule has 0 atom stereocenters. The van der Waals surface area contributed by atoms with Crippen LogP contribution in [0.15, 0.2) is 24.3 Å². The maximum atomic E-state index is 12.5. The summed E-state index contributed by atoms with van der Waals surface area (Å²) >= 11 is 0. The fourth-order valence-corrected chi connectivity index (χ4v) is 2.37. The van der Waals surface area contributed by atoms with Gasteiger partial charge in [0.15, 0.2) is 0 Å². The van der Waals surface area contributed by atoms with Crippen molar-refractivity contribution in [2.75, 3.05) is 26.7 Å². The molecule has 0 heterocycles. The molecule has 0 saturated carbocycles. The van der Waals surface area contributed by atoms with Gasteiger partial charge in [-0.2, -0.15) is 0 Å². The summed E-state index contributed by atoms with van der Waals surface area (Å²) in [6, 6.07) is 7.91. The predicted octanol–water partition coefficient (Wildman–Crippen LogP) is 2.60. The van der Waals surface area contributed by atoms with E-state index in [4.69, 9.17) is 10.5 Å². The Morgan fingerprint density at radius 1 is 1.24 bits per heavy atom. The van der Waals surface area contributed by atoms with E-state index in [1.807, 2.05) is 52.1 Å². The topological polar surface area (TPSA) is 55.6 Å². The SMILES string of the molecule is CCC(CC)(CN)C(=O)N(C)CCOc1ccc(C)cc1. The Bertz CT molecular complexity index is 430. The number of hydrogen-bond acceptors (Lipinski definition) is 3. The number of hydrogen-bond donors (Lipinski definition) is 1. The first-order valence-electron chi connectivity index (χ1n) is 7.64. The molecule has 4 nitrogen and oxygen atoms in total. The summed E-state index contributed by atoms with van der Waals surface area (Å²) in [6.07, 6.45) is 1.53. The fraction of sp³-hybridized carbons (Fsp3) is 0.588. The zero-order chi connectivity index (χ0) is 15.9. The molecule has 2 N–H and O–H groups in total. The maximum absolute atomic E-state index is 12.5. The quantitative estimate of drug-likeness (QED) is 0.801. The van der Waals surface area contributed by atoms with Crippen molar-refractivity contribution in [3.8, 4) is 5.75 Å². The van der Waals surface area contributed by atoms with Crippen molar-refractivity contribution >= 4 is 5.91 Å². The van der Waals surface area contributed by atoms with E-state index < -0.39 is 5.41 Å². The molecule has 0 fully saturated rings. The van der Waals surface area contributed by atoms with E-state index in [9.17, 15) is 4.79 Å². The Labute approximate surface area is 128 Å². The number of ether oxygens (including phenoxy) is 1. The Kier molecular flexibility index (Phi) is 6.69. The minimum absolute atomic E-state index is 0.113. The molecule has 1 rings (SSSR count). The lowest BCUT2D eigenvalue weighted by Crippen LogP contribution is -2.47. The molecule has 0 aliphatic rings. The molecule has 0 unspecified atom stereocenters. The van der Waals surface area contributed by atoms with Gasteiger partial charge in [-0.25, -0.2) is 0 Å². The van der Waals surface area contributed by atoms with E-state index in [-0.39, 0.29) is 5.91 Å². The van der Waals surface area contributed by atoms with Gasteiger partial charge in [0.25, 0.3) is 0 Å². The fourth-order valence-electron chi connectivity index (χ4n) is 2.37. The lowest BCUT2D eigenvalue weighted by Gasteiger charge is -2.33. The summed E-state index contributed by atoms with van der Waals surface area (Å²) in [7, 11) is 1.82. The normalized spacial score (nSPS) is 11.3. The molecular formula is C17H28N2O2. The first-order valence-corrected chi connectivity index (χ1v) is 7.64.